The highest BCUT2D eigenvalue weighted by Gasteiger charge is 2.16. The van der Waals surface area contributed by atoms with E-state index < -0.39 is 0 Å². The quantitative estimate of drug-likeness (QED) is 0.452. The molecule has 1 fully saturated rings. The summed E-state index contributed by atoms with van der Waals surface area (Å²) in [6.45, 7) is 1.70. The number of nitrogens with zero attached hydrogens (tertiary/aromatic N) is 2. The molecule has 3 heteroatoms. The van der Waals surface area contributed by atoms with E-state index in [9.17, 15) is 0 Å². The van der Waals surface area contributed by atoms with Gasteiger partial charge in [0.2, 0.25) is 0 Å². The molecular formula is C5H9N3. The molecule has 0 bridgehead atoms. The molecule has 1 heterocycles. The lowest BCUT2D eigenvalue weighted by molar-refractivity contribution is 0.410. The monoisotopic (exact) mass is 111 g/mol. The van der Waals surface area contributed by atoms with E-state index in [1.54, 1.807) is 0 Å². The molecular weight excluding hydrogens is 102 g/mol. The topological polar surface area (TPSA) is 39.1 Å². The summed E-state index contributed by atoms with van der Waals surface area (Å²) < 4.78 is 0. The Hall–Kier alpha value is -0.590. The summed E-state index contributed by atoms with van der Waals surface area (Å²) in [4.78, 5) is 2.08. The fourth-order valence-electron chi connectivity index (χ4n) is 0.793. The Kier molecular flexibility index (Phi) is 1.47. The van der Waals surface area contributed by atoms with Crippen molar-refractivity contribution in [1.82, 2.24) is 10.2 Å². The fraction of sp³-hybridized carbons (Fsp3) is 0.800. The van der Waals surface area contributed by atoms with E-state index in [-0.39, 0.29) is 6.04 Å². The number of nitriles is 1. The van der Waals surface area contributed by atoms with Gasteiger partial charge in [-0.05, 0) is 7.05 Å². The minimum absolute atomic E-state index is 0.0556. The van der Waals surface area contributed by atoms with Crippen molar-refractivity contribution in [3.63, 3.8) is 0 Å². The van der Waals surface area contributed by atoms with Crippen LogP contribution in [0.15, 0.2) is 0 Å². The SMILES string of the molecule is CN1CNC(C#N)C1. The molecule has 1 aliphatic heterocycles. The van der Waals surface area contributed by atoms with Crippen LogP contribution in [0.1, 0.15) is 0 Å². The minimum Gasteiger partial charge on any atom is -0.291 e. The molecule has 0 aliphatic carbocycles. The Bertz CT molecular complexity index is 115. The van der Waals surface area contributed by atoms with Gasteiger partial charge in [-0.25, -0.2) is 0 Å². The Labute approximate surface area is 48.9 Å². The maximum Gasteiger partial charge on any atom is 0.109 e. The molecule has 0 amide bonds. The molecule has 0 aromatic heterocycles. The van der Waals surface area contributed by atoms with Crippen molar-refractivity contribution < 1.29 is 0 Å². The van der Waals surface area contributed by atoms with Crippen LogP contribution in [-0.2, 0) is 0 Å². The highest BCUT2D eigenvalue weighted by Crippen LogP contribution is 1.93. The van der Waals surface area contributed by atoms with Crippen LogP contribution >= 0.6 is 0 Å². The molecule has 1 aliphatic rings. The van der Waals surface area contributed by atoms with Gasteiger partial charge < -0.3 is 0 Å². The predicted molar refractivity (Wildman–Crippen MR) is 30.0 cm³/mol. The smallest absolute Gasteiger partial charge is 0.109 e. The van der Waals surface area contributed by atoms with Crippen molar-refractivity contribution >= 4 is 0 Å². The molecule has 1 atom stereocenters. The standard InChI is InChI=1S/C5H9N3/c1-8-3-5(2-6)7-4-8/h5,7H,3-4H2,1H3. The molecule has 1 saturated heterocycles. The molecule has 1 N–H and O–H groups in total. The first kappa shape index (κ1) is 5.54. The van der Waals surface area contributed by atoms with Crippen molar-refractivity contribution in [3.8, 4) is 6.07 Å². The molecule has 8 heavy (non-hydrogen) atoms. The molecule has 0 saturated carbocycles. The van der Waals surface area contributed by atoms with Crippen LogP contribution in [-0.4, -0.2) is 31.2 Å². The molecule has 1 rings (SSSR count). The summed E-state index contributed by atoms with van der Waals surface area (Å²) in [5, 5.41) is 11.4. The van der Waals surface area contributed by atoms with Gasteiger partial charge >= 0.3 is 0 Å². The predicted octanol–water partition coefficient (Wildman–Crippen LogP) is -0.629. The summed E-state index contributed by atoms with van der Waals surface area (Å²) in [5.41, 5.74) is 0. The molecule has 44 valence electrons. The first-order valence-electron chi connectivity index (χ1n) is 2.64. The van der Waals surface area contributed by atoms with Crippen LogP contribution in [0.5, 0.6) is 0 Å². The summed E-state index contributed by atoms with van der Waals surface area (Å²) in [5.74, 6) is 0. The molecule has 1 unspecified atom stereocenters. The van der Waals surface area contributed by atoms with E-state index in [1.807, 2.05) is 7.05 Å². The molecule has 0 aromatic carbocycles. The zero-order valence-corrected chi connectivity index (χ0v) is 4.89. The van der Waals surface area contributed by atoms with Crippen LogP contribution in [0.2, 0.25) is 0 Å². The second-order valence-electron chi connectivity index (χ2n) is 2.08. The number of nitrogens with one attached hydrogen (secondary N) is 1. The van der Waals surface area contributed by atoms with Gasteiger partial charge in [-0.1, -0.05) is 0 Å². The third-order valence-corrected chi connectivity index (χ3v) is 1.26. The highest BCUT2D eigenvalue weighted by atomic mass is 15.3. The van der Waals surface area contributed by atoms with Crippen molar-refractivity contribution in [2.75, 3.05) is 20.3 Å². The Morgan fingerprint density at radius 2 is 2.62 bits per heavy atom. The van der Waals surface area contributed by atoms with Crippen molar-refractivity contribution in [1.29, 1.82) is 5.26 Å². The van der Waals surface area contributed by atoms with Gasteiger partial charge in [0.05, 0.1) is 6.07 Å². The van der Waals surface area contributed by atoms with E-state index in [0.717, 1.165) is 13.2 Å². The van der Waals surface area contributed by atoms with E-state index in [0.29, 0.717) is 0 Å². The lowest BCUT2D eigenvalue weighted by Gasteiger charge is -2.00. The van der Waals surface area contributed by atoms with Crippen LogP contribution in [0.4, 0.5) is 0 Å². The average Bonchev–Trinajstić information content (AvgIpc) is 2.14. The van der Waals surface area contributed by atoms with Gasteiger partial charge in [0.1, 0.15) is 6.04 Å². The summed E-state index contributed by atoms with van der Waals surface area (Å²) in [7, 11) is 1.99. The van der Waals surface area contributed by atoms with Gasteiger partial charge in [-0.2, -0.15) is 5.26 Å². The Morgan fingerprint density at radius 1 is 1.88 bits per heavy atom. The Balaban J connectivity index is 2.35. The fourth-order valence-corrected chi connectivity index (χ4v) is 0.793. The number of rotatable bonds is 0. The van der Waals surface area contributed by atoms with Crippen LogP contribution in [0, 0.1) is 11.3 Å². The van der Waals surface area contributed by atoms with Crippen molar-refractivity contribution in [2.45, 2.75) is 6.04 Å². The van der Waals surface area contributed by atoms with Crippen LogP contribution in [0.25, 0.3) is 0 Å². The summed E-state index contributed by atoms with van der Waals surface area (Å²) >= 11 is 0. The van der Waals surface area contributed by atoms with E-state index >= 15 is 0 Å². The van der Waals surface area contributed by atoms with Crippen molar-refractivity contribution in [3.05, 3.63) is 0 Å². The van der Waals surface area contributed by atoms with Crippen LogP contribution < -0.4 is 5.32 Å². The third kappa shape index (κ3) is 0.971. The average molecular weight is 111 g/mol. The Morgan fingerprint density at radius 3 is 2.88 bits per heavy atom. The van der Waals surface area contributed by atoms with Gasteiger partial charge in [-0.3, -0.25) is 10.2 Å². The second-order valence-corrected chi connectivity index (χ2v) is 2.08. The van der Waals surface area contributed by atoms with E-state index in [2.05, 4.69) is 16.3 Å². The zero-order valence-electron chi connectivity index (χ0n) is 4.89. The first-order valence-corrected chi connectivity index (χ1v) is 2.64. The molecule has 3 nitrogen and oxygen atoms in total. The van der Waals surface area contributed by atoms with Crippen molar-refractivity contribution in [2.24, 2.45) is 0 Å². The number of hydrogen-bond donors (Lipinski definition) is 1. The third-order valence-electron chi connectivity index (χ3n) is 1.26. The molecule has 0 spiro atoms. The lowest BCUT2D eigenvalue weighted by atomic mass is 10.4. The largest absolute Gasteiger partial charge is 0.291 e. The van der Waals surface area contributed by atoms with Gasteiger partial charge in [0.25, 0.3) is 0 Å². The second kappa shape index (κ2) is 2.12. The first-order chi connectivity index (χ1) is 3.83. The molecule has 0 radical (unpaired) electrons. The van der Waals surface area contributed by atoms with Gasteiger partial charge in [0.15, 0.2) is 0 Å². The van der Waals surface area contributed by atoms with Crippen LogP contribution in [0.3, 0.4) is 0 Å². The van der Waals surface area contributed by atoms with E-state index in [4.69, 9.17) is 5.26 Å². The maximum atomic E-state index is 8.34. The van der Waals surface area contributed by atoms with Gasteiger partial charge in [-0.15, -0.1) is 0 Å². The summed E-state index contributed by atoms with van der Waals surface area (Å²) in [6, 6.07) is 2.20. The maximum absolute atomic E-state index is 8.34. The number of hydrogen-bond acceptors (Lipinski definition) is 3. The minimum atomic E-state index is 0.0556. The van der Waals surface area contributed by atoms with Gasteiger partial charge in [0, 0.05) is 13.2 Å². The molecule has 0 aromatic rings. The normalized spacial score (nSPS) is 30.2. The zero-order chi connectivity index (χ0) is 5.98. The summed E-state index contributed by atoms with van der Waals surface area (Å²) in [6.07, 6.45) is 0. The lowest BCUT2D eigenvalue weighted by Crippen LogP contribution is -2.20. The highest BCUT2D eigenvalue weighted by molar-refractivity contribution is 4.94. The number of likely N-dealkylation sites (N-methyl/N-ethyl adjacent to an activating group) is 1. The van der Waals surface area contributed by atoms with E-state index in [1.165, 1.54) is 0 Å².